The van der Waals surface area contributed by atoms with E-state index < -0.39 is 0 Å². The van der Waals surface area contributed by atoms with E-state index >= 15 is 0 Å². The molecule has 0 aliphatic heterocycles. The Bertz CT molecular complexity index is 870. The molecule has 1 N–H and O–H groups in total. The molecule has 2 heteroatoms. The summed E-state index contributed by atoms with van der Waals surface area (Å²) in [6, 6.07) is 19.2. The summed E-state index contributed by atoms with van der Waals surface area (Å²) >= 11 is 0. The number of nitrogens with zero attached hydrogens (tertiary/aromatic N) is 1. The Kier molecular flexibility index (Phi) is 2.90. The second kappa shape index (κ2) is 5.09. The predicted molar refractivity (Wildman–Crippen MR) is 94.8 cm³/mol. The molecule has 2 atom stereocenters. The minimum atomic E-state index is 0.692. The first-order valence-electron chi connectivity index (χ1n) is 8.60. The molecule has 0 spiro atoms. The average molecular weight is 300 g/mol. The average Bonchev–Trinajstić information content (AvgIpc) is 3.21. The predicted octanol–water partition coefficient (Wildman–Crippen LogP) is 5.21. The molecule has 5 rings (SSSR count). The Hall–Kier alpha value is -2.35. The molecule has 0 amide bonds. The Labute approximate surface area is 136 Å². The smallest absolute Gasteiger partial charge is 0.0726 e. The van der Waals surface area contributed by atoms with Crippen LogP contribution in [-0.4, -0.2) is 4.98 Å². The van der Waals surface area contributed by atoms with Gasteiger partial charge in [-0.2, -0.15) is 0 Å². The van der Waals surface area contributed by atoms with E-state index in [4.69, 9.17) is 4.98 Å². The number of rotatable bonds is 3. The summed E-state index contributed by atoms with van der Waals surface area (Å²) in [5, 5.41) is 5.02. The van der Waals surface area contributed by atoms with Crippen molar-refractivity contribution in [2.75, 3.05) is 5.32 Å². The summed E-state index contributed by atoms with van der Waals surface area (Å²) in [6.07, 6.45) is 3.96. The van der Waals surface area contributed by atoms with Crippen molar-refractivity contribution in [3.05, 3.63) is 71.4 Å². The quantitative estimate of drug-likeness (QED) is 0.718. The highest BCUT2D eigenvalue weighted by atomic mass is 14.9. The van der Waals surface area contributed by atoms with Gasteiger partial charge in [0.2, 0.25) is 0 Å². The standard InChI is InChI=1S/C21H20N2/c1-2-6-14(7-3-1)13-22-21-17-8-4-5-9-18(17)23-20-16-11-10-15(12-16)19(20)21/h1-9,15-16H,10-13H2,(H,22,23). The van der Waals surface area contributed by atoms with E-state index in [0.717, 1.165) is 12.1 Å². The minimum Gasteiger partial charge on any atom is -0.380 e. The van der Waals surface area contributed by atoms with Crippen LogP contribution in [0.5, 0.6) is 0 Å². The van der Waals surface area contributed by atoms with Gasteiger partial charge in [0.1, 0.15) is 0 Å². The number of pyridine rings is 1. The van der Waals surface area contributed by atoms with E-state index in [1.54, 1.807) is 0 Å². The highest BCUT2D eigenvalue weighted by Gasteiger charge is 2.40. The van der Waals surface area contributed by atoms with Crippen LogP contribution in [-0.2, 0) is 6.54 Å². The van der Waals surface area contributed by atoms with Crippen LogP contribution in [0.4, 0.5) is 5.69 Å². The first-order chi connectivity index (χ1) is 11.4. The SMILES string of the molecule is c1ccc(CNc2c3c(nc4ccccc24)C2CCC3C2)cc1. The Morgan fingerprint density at radius 3 is 2.61 bits per heavy atom. The van der Waals surface area contributed by atoms with Crippen molar-refractivity contribution in [2.24, 2.45) is 0 Å². The number of aromatic nitrogens is 1. The normalized spacial score (nSPS) is 21.6. The molecule has 2 aromatic carbocycles. The summed E-state index contributed by atoms with van der Waals surface area (Å²) < 4.78 is 0. The lowest BCUT2D eigenvalue weighted by atomic mass is 9.92. The van der Waals surface area contributed by atoms with E-state index in [1.807, 2.05) is 0 Å². The lowest BCUT2D eigenvalue weighted by Gasteiger charge is -2.21. The molecule has 1 fully saturated rings. The third kappa shape index (κ3) is 2.05. The third-order valence-corrected chi connectivity index (χ3v) is 5.50. The largest absolute Gasteiger partial charge is 0.380 e. The summed E-state index contributed by atoms with van der Waals surface area (Å²) in [4.78, 5) is 5.01. The van der Waals surface area contributed by atoms with Crippen LogP contribution in [0.25, 0.3) is 10.9 Å². The number of fused-ring (bicyclic) bond motifs is 6. The van der Waals surface area contributed by atoms with Gasteiger partial charge >= 0.3 is 0 Å². The zero-order chi connectivity index (χ0) is 15.2. The molecule has 23 heavy (non-hydrogen) atoms. The van der Waals surface area contributed by atoms with Gasteiger partial charge in [0.15, 0.2) is 0 Å². The highest BCUT2D eigenvalue weighted by molar-refractivity contribution is 5.94. The molecule has 3 aromatic rings. The molecule has 2 aliphatic carbocycles. The molecule has 1 aromatic heterocycles. The van der Waals surface area contributed by atoms with Gasteiger partial charge < -0.3 is 5.32 Å². The number of nitrogens with one attached hydrogen (secondary N) is 1. The van der Waals surface area contributed by atoms with Gasteiger partial charge in [-0.1, -0.05) is 48.5 Å². The van der Waals surface area contributed by atoms with Crippen LogP contribution in [0.1, 0.15) is 47.9 Å². The van der Waals surface area contributed by atoms with Crippen LogP contribution in [0.15, 0.2) is 54.6 Å². The second-order valence-corrected chi connectivity index (χ2v) is 6.85. The highest BCUT2D eigenvalue weighted by Crippen LogP contribution is 2.55. The molecule has 1 heterocycles. The van der Waals surface area contributed by atoms with Crippen molar-refractivity contribution in [3.8, 4) is 0 Å². The molecule has 2 unspecified atom stereocenters. The number of hydrogen-bond donors (Lipinski definition) is 1. The minimum absolute atomic E-state index is 0.692. The number of benzene rings is 2. The van der Waals surface area contributed by atoms with Crippen molar-refractivity contribution >= 4 is 16.6 Å². The topological polar surface area (TPSA) is 24.9 Å². The first-order valence-corrected chi connectivity index (χ1v) is 8.60. The van der Waals surface area contributed by atoms with Crippen molar-refractivity contribution < 1.29 is 0 Å². The van der Waals surface area contributed by atoms with Gasteiger partial charge in [-0.15, -0.1) is 0 Å². The lowest BCUT2D eigenvalue weighted by Crippen LogP contribution is -2.09. The molecular formula is C21H20N2. The first kappa shape index (κ1) is 13.1. The fourth-order valence-electron chi connectivity index (χ4n) is 4.44. The lowest BCUT2D eigenvalue weighted by molar-refractivity contribution is 0.701. The molecule has 1 saturated carbocycles. The monoisotopic (exact) mass is 300 g/mol. The molecule has 2 nitrogen and oxygen atoms in total. The molecule has 0 radical (unpaired) electrons. The van der Waals surface area contributed by atoms with Crippen LogP contribution < -0.4 is 5.32 Å². The third-order valence-electron chi connectivity index (χ3n) is 5.50. The van der Waals surface area contributed by atoms with Crippen LogP contribution in [0.2, 0.25) is 0 Å². The number of para-hydroxylation sites is 1. The Balaban J connectivity index is 1.63. The van der Waals surface area contributed by atoms with Crippen LogP contribution in [0, 0.1) is 0 Å². The van der Waals surface area contributed by atoms with Crippen molar-refractivity contribution in [1.82, 2.24) is 4.98 Å². The number of hydrogen-bond acceptors (Lipinski definition) is 2. The zero-order valence-corrected chi connectivity index (χ0v) is 13.1. The van der Waals surface area contributed by atoms with E-state index in [0.29, 0.717) is 11.8 Å². The molecule has 114 valence electrons. The van der Waals surface area contributed by atoms with Gasteiger partial charge in [-0.3, -0.25) is 4.98 Å². The van der Waals surface area contributed by atoms with Gasteiger partial charge in [0.05, 0.1) is 5.52 Å². The van der Waals surface area contributed by atoms with E-state index in [9.17, 15) is 0 Å². The zero-order valence-electron chi connectivity index (χ0n) is 13.1. The maximum absolute atomic E-state index is 5.01. The summed E-state index contributed by atoms with van der Waals surface area (Å²) in [7, 11) is 0. The van der Waals surface area contributed by atoms with Crippen LogP contribution in [0.3, 0.4) is 0 Å². The van der Waals surface area contributed by atoms with Crippen molar-refractivity contribution in [3.63, 3.8) is 0 Å². The fourth-order valence-corrected chi connectivity index (χ4v) is 4.44. The van der Waals surface area contributed by atoms with Crippen molar-refractivity contribution in [2.45, 2.75) is 37.6 Å². The second-order valence-electron chi connectivity index (χ2n) is 6.85. The van der Waals surface area contributed by atoms with Gasteiger partial charge in [0.25, 0.3) is 0 Å². The molecular weight excluding hydrogens is 280 g/mol. The fraction of sp³-hybridized carbons (Fsp3) is 0.286. The molecule has 2 bridgehead atoms. The maximum atomic E-state index is 5.01. The van der Waals surface area contributed by atoms with Gasteiger partial charge in [-0.05, 0) is 36.8 Å². The van der Waals surface area contributed by atoms with Gasteiger partial charge in [0, 0.05) is 34.8 Å². The summed E-state index contributed by atoms with van der Waals surface area (Å²) in [5.74, 6) is 1.40. The van der Waals surface area contributed by atoms with Gasteiger partial charge in [-0.25, -0.2) is 0 Å². The Morgan fingerprint density at radius 2 is 1.70 bits per heavy atom. The van der Waals surface area contributed by atoms with Crippen LogP contribution >= 0.6 is 0 Å². The summed E-state index contributed by atoms with van der Waals surface area (Å²) in [6.45, 7) is 0.874. The Morgan fingerprint density at radius 1 is 0.913 bits per heavy atom. The van der Waals surface area contributed by atoms with E-state index in [2.05, 4.69) is 59.9 Å². The summed E-state index contributed by atoms with van der Waals surface area (Å²) in [5.41, 5.74) is 6.67. The van der Waals surface area contributed by atoms with E-state index in [-0.39, 0.29) is 0 Å². The molecule has 2 aliphatic rings. The maximum Gasteiger partial charge on any atom is 0.0726 e. The number of anilines is 1. The van der Waals surface area contributed by atoms with E-state index in [1.165, 1.54) is 47.2 Å². The van der Waals surface area contributed by atoms with Crippen molar-refractivity contribution in [1.29, 1.82) is 0 Å². The molecule has 0 saturated heterocycles.